The number of benzene rings is 2. The molecular formula is C19H20ClNO3S. The lowest BCUT2D eigenvalue weighted by Gasteiger charge is -2.31. The van der Waals surface area contributed by atoms with E-state index < -0.39 is 10.0 Å². The Morgan fingerprint density at radius 1 is 1.12 bits per heavy atom. The van der Waals surface area contributed by atoms with E-state index in [1.807, 2.05) is 18.2 Å². The van der Waals surface area contributed by atoms with Gasteiger partial charge in [-0.3, -0.25) is 4.79 Å². The molecule has 1 saturated heterocycles. The molecule has 0 aromatic heterocycles. The standard InChI is InChI=1S/C19H20ClNO3S/c20-18-10-4-8-16(12-18)19(22)17-9-5-11-21(13-17)25(23,24)14-15-6-2-1-3-7-15/h1-4,6-8,10,12,17H,5,9,11,13-14H2/t17-/m1/s1. The van der Waals surface area contributed by atoms with Gasteiger partial charge >= 0.3 is 0 Å². The number of carbonyl (C=O) groups is 1. The summed E-state index contributed by atoms with van der Waals surface area (Å²) in [4.78, 5) is 12.7. The fourth-order valence-electron chi connectivity index (χ4n) is 3.16. The molecule has 2 aromatic rings. The Hall–Kier alpha value is -1.69. The van der Waals surface area contributed by atoms with Crippen LogP contribution in [-0.4, -0.2) is 31.6 Å². The Kier molecular flexibility index (Phi) is 5.57. The first-order valence-corrected chi connectivity index (χ1v) is 10.3. The van der Waals surface area contributed by atoms with Crippen LogP contribution in [0, 0.1) is 5.92 Å². The average molecular weight is 378 g/mol. The van der Waals surface area contributed by atoms with Crippen LogP contribution in [0.5, 0.6) is 0 Å². The maximum atomic E-state index is 12.7. The van der Waals surface area contributed by atoms with E-state index in [1.165, 1.54) is 4.31 Å². The molecule has 6 heteroatoms. The van der Waals surface area contributed by atoms with E-state index in [0.717, 1.165) is 5.56 Å². The number of piperidine rings is 1. The van der Waals surface area contributed by atoms with Crippen molar-refractivity contribution in [1.82, 2.24) is 4.31 Å². The summed E-state index contributed by atoms with van der Waals surface area (Å²) >= 11 is 5.96. The van der Waals surface area contributed by atoms with Crippen LogP contribution in [0.15, 0.2) is 54.6 Å². The third kappa shape index (κ3) is 4.48. The summed E-state index contributed by atoms with van der Waals surface area (Å²) < 4.78 is 26.9. The summed E-state index contributed by atoms with van der Waals surface area (Å²) in [6.07, 6.45) is 1.38. The second-order valence-corrected chi connectivity index (χ2v) is 8.72. The molecule has 0 amide bonds. The number of ketones is 1. The third-order valence-corrected chi connectivity index (χ3v) is 6.50. The van der Waals surface area contributed by atoms with E-state index in [2.05, 4.69) is 0 Å². The molecular weight excluding hydrogens is 358 g/mol. The van der Waals surface area contributed by atoms with Crippen LogP contribution in [0.3, 0.4) is 0 Å². The molecule has 0 aliphatic carbocycles. The maximum absolute atomic E-state index is 12.7. The van der Waals surface area contributed by atoms with Crippen molar-refractivity contribution in [3.05, 3.63) is 70.7 Å². The molecule has 4 nitrogen and oxygen atoms in total. The topological polar surface area (TPSA) is 54.5 Å². The van der Waals surface area contributed by atoms with Gasteiger partial charge in [0, 0.05) is 29.6 Å². The molecule has 2 aromatic carbocycles. The number of hydrogen-bond acceptors (Lipinski definition) is 3. The predicted octanol–water partition coefficient (Wildman–Crippen LogP) is 3.76. The normalized spacial score (nSPS) is 18.8. The van der Waals surface area contributed by atoms with Gasteiger partial charge in [-0.05, 0) is 30.5 Å². The molecule has 132 valence electrons. The van der Waals surface area contributed by atoms with E-state index >= 15 is 0 Å². The minimum absolute atomic E-state index is 0.0358. The molecule has 0 saturated carbocycles. The number of carbonyl (C=O) groups excluding carboxylic acids is 1. The Balaban J connectivity index is 1.73. The van der Waals surface area contributed by atoms with Gasteiger partial charge in [0.25, 0.3) is 0 Å². The Morgan fingerprint density at radius 3 is 2.60 bits per heavy atom. The summed E-state index contributed by atoms with van der Waals surface area (Å²) in [5, 5.41) is 0.509. The molecule has 1 fully saturated rings. The minimum atomic E-state index is -3.44. The van der Waals surface area contributed by atoms with E-state index in [0.29, 0.717) is 30.0 Å². The first-order valence-electron chi connectivity index (χ1n) is 8.27. The van der Waals surface area contributed by atoms with Crippen molar-refractivity contribution in [1.29, 1.82) is 0 Å². The van der Waals surface area contributed by atoms with Gasteiger partial charge in [-0.1, -0.05) is 54.1 Å². The monoisotopic (exact) mass is 377 g/mol. The van der Waals surface area contributed by atoms with Crippen LogP contribution in [0.4, 0.5) is 0 Å². The van der Waals surface area contributed by atoms with E-state index in [9.17, 15) is 13.2 Å². The molecule has 0 bridgehead atoms. The second kappa shape index (κ2) is 7.68. The number of nitrogens with zero attached hydrogens (tertiary/aromatic N) is 1. The molecule has 1 aliphatic heterocycles. The van der Waals surface area contributed by atoms with Crippen LogP contribution in [0.1, 0.15) is 28.8 Å². The maximum Gasteiger partial charge on any atom is 0.218 e. The Labute approximate surface area is 153 Å². The van der Waals surface area contributed by atoms with Gasteiger partial charge in [-0.2, -0.15) is 0 Å². The lowest BCUT2D eigenvalue weighted by atomic mass is 9.91. The number of rotatable bonds is 5. The lowest BCUT2D eigenvalue weighted by Crippen LogP contribution is -2.42. The van der Waals surface area contributed by atoms with Gasteiger partial charge in [0.2, 0.25) is 10.0 Å². The van der Waals surface area contributed by atoms with Gasteiger partial charge in [0.1, 0.15) is 0 Å². The van der Waals surface area contributed by atoms with Crippen LogP contribution < -0.4 is 0 Å². The van der Waals surface area contributed by atoms with Crippen LogP contribution in [-0.2, 0) is 15.8 Å². The van der Waals surface area contributed by atoms with Gasteiger partial charge in [-0.25, -0.2) is 12.7 Å². The zero-order valence-corrected chi connectivity index (χ0v) is 15.3. The van der Waals surface area contributed by atoms with Gasteiger partial charge < -0.3 is 0 Å². The van der Waals surface area contributed by atoms with Crippen molar-refractivity contribution in [2.24, 2.45) is 5.92 Å². The van der Waals surface area contributed by atoms with Crippen molar-refractivity contribution in [2.45, 2.75) is 18.6 Å². The molecule has 0 unspecified atom stereocenters. The SMILES string of the molecule is O=C(c1cccc(Cl)c1)[C@@H]1CCCN(S(=O)(=O)Cc2ccccc2)C1. The number of sulfonamides is 1. The van der Waals surface area contributed by atoms with Gasteiger partial charge in [0.05, 0.1) is 5.75 Å². The van der Waals surface area contributed by atoms with Crippen molar-refractivity contribution < 1.29 is 13.2 Å². The molecule has 0 spiro atoms. The number of halogens is 1. The van der Waals surface area contributed by atoms with Gasteiger partial charge in [-0.15, -0.1) is 0 Å². The van der Waals surface area contributed by atoms with Gasteiger partial charge in [0.15, 0.2) is 5.78 Å². The Morgan fingerprint density at radius 2 is 1.88 bits per heavy atom. The van der Waals surface area contributed by atoms with Crippen LogP contribution in [0.2, 0.25) is 5.02 Å². The van der Waals surface area contributed by atoms with E-state index in [4.69, 9.17) is 11.6 Å². The summed E-state index contributed by atoms with van der Waals surface area (Å²) in [6, 6.07) is 15.9. The van der Waals surface area contributed by atoms with Crippen LogP contribution in [0.25, 0.3) is 0 Å². The largest absolute Gasteiger partial charge is 0.294 e. The molecule has 3 rings (SSSR count). The first-order chi connectivity index (χ1) is 12.0. The fourth-order valence-corrected chi connectivity index (χ4v) is 4.96. The van der Waals surface area contributed by atoms with Crippen LogP contribution >= 0.6 is 11.6 Å². The van der Waals surface area contributed by atoms with Crippen molar-refractivity contribution in [3.8, 4) is 0 Å². The molecule has 0 radical (unpaired) electrons. The van der Waals surface area contributed by atoms with E-state index in [-0.39, 0.29) is 24.0 Å². The smallest absolute Gasteiger partial charge is 0.218 e. The summed E-state index contributed by atoms with van der Waals surface area (Å²) in [6.45, 7) is 0.703. The Bertz CT molecular complexity index is 852. The zero-order valence-electron chi connectivity index (χ0n) is 13.8. The third-order valence-electron chi connectivity index (χ3n) is 4.45. The highest BCUT2D eigenvalue weighted by atomic mass is 35.5. The lowest BCUT2D eigenvalue weighted by molar-refractivity contribution is 0.0872. The molecule has 1 atom stereocenters. The highest BCUT2D eigenvalue weighted by Gasteiger charge is 2.32. The average Bonchev–Trinajstić information content (AvgIpc) is 2.62. The number of hydrogen-bond donors (Lipinski definition) is 0. The van der Waals surface area contributed by atoms with Crippen molar-refractivity contribution in [3.63, 3.8) is 0 Å². The molecule has 1 aliphatic rings. The minimum Gasteiger partial charge on any atom is -0.294 e. The van der Waals surface area contributed by atoms with Crippen molar-refractivity contribution in [2.75, 3.05) is 13.1 Å². The number of Topliss-reactive ketones (excluding diaryl/α,β-unsaturated/α-hetero) is 1. The molecule has 25 heavy (non-hydrogen) atoms. The first kappa shape index (κ1) is 18.1. The highest BCUT2D eigenvalue weighted by Crippen LogP contribution is 2.25. The molecule has 1 heterocycles. The quantitative estimate of drug-likeness (QED) is 0.745. The predicted molar refractivity (Wildman–Crippen MR) is 99.1 cm³/mol. The zero-order chi connectivity index (χ0) is 17.9. The van der Waals surface area contributed by atoms with E-state index in [1.54, 1.807) is 36.4 Å². The summed E-state index contributed by atoms with van der Waals surface area (Å²) in [5.74, 6) is -0.397. The fraction of sp³-hybridized carbons (Fsp3) is 0.316. The summed E-state index contributed by atoms with van der Waals surface area (Å²) in [7, 11) is -3.44. The molecule has 0 N–H and O–H groups in total. The second-order valence-electron chi connectivity index (χ2n) is 6.31. The highest BCUT2D eigenvalue weighted by molar-refractivity contribution is 7.88. The summed E-state index contributed by atoms with van der Waals surface area (Å²) in [5.41, 5.74) is 1.30. The van der Waals surface area contributed by atoms with Crippen molar-refractivity contribution >= 4 is 27.4 Å².